The molecule has 0 saturated carbocycles. The van der Waals surface area contributed by atoms with Crippen LogP contribution in [0.2, 0.25) is 0 Å². The minimum atomic E-state index is 0.167. The van der Waals surface area contributed by atoms with Gasteiger partial charge >= 0.3 is 0 Å². The van der Waals surface area contributed by atoms with Crippen molar-refractivity contribution in [3.8, 4) is 0 Å². The average Bonchev–Trinajstić information content (AvgIpc) is 2.80. The van der Waals surface area contributed by atoms with E-state index >= 15 is 0 Å². The molecule has 0 aliphatic carbocycles. The van der Waals surface area contributed by atoms with Crippen LogP contribution in [0.4, 0.5) is 0 Å². The molecule has 2 saturated heterocycles. The number of carbonyl (C=O) groups is 1. The molecule has 0 spiro atoms. The third-order valence-electron chi connectivity index (χ3n) is 3.20. The normalized spacial score (nSPS) is 31.5. The van der Waals surface area contributed by atoms with Crippen LogP contribution in [0, 0.1) is 5.92 Å². The lowest BCUT2D eigenvalue weighted by Crippen LogP contribution is -2.42. The molecule has 4 nitrogen and oxygen atoms in total. The number of hydrogen-bond acceptors (Lipinski definition) is 3. The summed E-state index contributed by atoms with van der Waals surface area (Å²) in [6.07, 6.45) is 4.60. The quantitative estimate of drug-likeness (QED) is 0.706. The Kier molecular flexibility index (Phi) is 3.97. The van der Waals surface area contributed by atoms with Crippen LogP contribution in [-0.2, 0) is 9.53 Å². The van der Waals surface area contributed by atoms with Crippen LogP contribution >= 0.6 is 0 Å². The molecular formula is C11H20N2O2. The topological polar surface area (TPSA) is 50.4 Å². The largest absolute Gasteiger partial charge is 0.376 e. The third-order valence-corrected chi connectivity index (χ3v) is 3.20. The molecule has 0 aromatic rings. The van der Waals surface area contributed by atoms with Crippen molar-refractivity contribution in [2.24, 2.45) is 5.92 Å². The molecule has 1 amide bonds. The van der Waals surface area contributed by atoms with Crippen LogP contribution in [0.25, 0.3) is 0 Å². The molecular weight excluding hydrogens is 192 g/mol. The van der Waals surface area contributed by atoms with Gasteiger partial charge in [0.2, 0.25) is 5.91 Å². The van der Waals surface area contributed by atoms with E-state index < -0.39 is 0 Å². The highest BCUT2D eigenvalue weighted by Gasteiger charge is 2.22. The zero-order valence-electron chi connectivity index (χ0n) is 9.13. The molecule has 2 aliphatic rings. The summed E-state index contributed by atoms with van der Waals surface area (Å²) >= 11 is 0. The second-order valence-electron chi connectivity index (χ2n) is 4.42. The molecule has 0 bridgehead atoms. The van der Waals surface area contributed by atoms with Gasteiger partial charge in [-0.25, -0.2) is 0 Å². The Hall–Kier alpha value is -0.610. The van der Waals surface area contributed by atoms with Gasteiger partial charge in [0.05, 0.1) is 12.0 Å². The molecule has 86 valence electrons. The number of rotatable bonds is 3. The molecule has 2 aliphatic heterocycles. The second kappa shape index (κ2) is 5.47. The zero-order valence-corrected chi connectivity index (χ0v) is 9.13. The van der Waals surface area contributed by atoms with Crippen molar-refractivity contribution in [1.29, 1.82) is 0 Å². The lowest BCUT2D eigenvalue weighted by molar-refractivity contribution is -0.126. The van der Waals surface area contributed by atoms with Gasteiger partial charge in [0.25, 0.3) is 0 Å². The van der Waals surface area contributed by atoms with Crippen LogP contribution in [0.15, 0.2) is 0 Å². The lowest BCUT2D eigenvalue weighted by atomic mass is 9.99. The van der Waals surface area contributed by atoms with Gasteiger partial charge in [0.15, 0.2) is 0 Å². The van der Waals surface area contributed by atoms with Crippen molar-refractivity contribution in [3.05, 3.63) is 0 Å². The Labute approximate surface area is 90.8 Å². The van der Waals surface area contributed by atoms with E-state index in [4.69, 9.17) is 4.74 Å². The summed E-state index contributed by atoms with van der Waals surface area (Å²) < 4.78 is 5.46. The third kappa shape index (κ3) is 3.18. The first-order chi connectivity index (χ1) is 7.36. The molecule has 2 heterocycles. The SMILES string of the molecule is O=C(NCC1CCCO1)[C@H]1CCCNC1. The lowest BCUT2D eigenvalue weighted by Gasteiger charge is -2.22. The maximum absolute atomic E-state index is 11.7. The molecule has 2 N–H and O–H groups in total. The van der Waals surface area contributed by atoms with E-state index in [-0.39, 0.29) is 17.9 Å². The molecule has 0 radical (unpaired) electrons. The van der Waals surface area contributed by atoms with E-state index in [0.717, 1.165) is 45.4 Å². The maximum atomic E-state index is 11.7. The van der Waals surface area contributed by atoms with E-state index in [1.165, 1.54) is 0 Å². The van der Waals surface area contributed by atoms with Gasteiger partial charge in [-0.3, -0.25) is 4.79 Å². The van der Waals surface area contributed by atoms with E-state index in [9.17, 15) is 4.79 Å². The first-order valence-electron chi connectivity index (χ1n) is 5.96. The maximum Gasteiger partial charge on any atom is 0.224 e. The van der Waals surface area contributed by atoms with Crippen LogP contribution in [0.3, 0.4) is 0 Å². The van der Waals surface area contributed by atoms with Crippen molar-refractivity contribution in [3.63, 3.8) is 0 Å². The van der Waals surface area contributed by atoms with E-state index in [2.05, 4.69) is 10.6 Å². The smallest absolute Gasteiger partial charge is 0.224 e. The Morgan fingerprint density at radius 2 is 2.33 bits per heavy atom. The summed E-state index contributed by atoms with van der Waals surface area (Å²) in [5, 5.41) is 6.24. The number of piperidine rings is 1. The first-order valence-corrected chi connectivity index (χ1v) is 5.96. The molecule has 0 aromatic carbocycles. The van der Waals surface area contributed by atoms with Gasteiger partial charge in [-0.1, -0.05) is 0 Å². The van der Waals surface area contributed by atoms with Crippen molar-refractivity contribution < 1.29 is 9.53 Å². The molecule has 4 heteroatoms. The fraction of sp³-hybridized carbons (Fsp3) is 0.909. The van der Waals surface area contributed by atoms with E-state index in [1.54, 1.807) is 0 Å². The summed E-state index contributed by atoms with van der Waals surface area (Å²) in [6, 6.07) is 0. The number of amides is 1. The van der Waals surface area contributed by atoms with Gasteiger partial charge in [-0.05, 0) is 32.2 Å². The summed E-state index contributed by atoms with van der Waals surface area (Å²) in [6.45, 7) is 3.42. The number of ether oxygens (including phenoxy) is 1. The van der Waals surface area contributed by atoms with Crippen LogP contribution < -0.4 is 10.6 Å². The molecule has 15 heavy (non-hydrogen) atoms. The predicted molar refractivity (Wildman–Crippen MR) is 57.6 cm³/mol. The fourth-order valence-electron chi connectivity index (χ4n) is 2.24. The Morgan fingerprint density at radius 1 is 1.40 bits per heavy atom. The molecule has 0 aromatic heterocycles. The Morgan fingerprint density at radius 3 is 3.00 bits per heavy atom. The number of hydrogen-bond donors (Lipinski definition) is 2. The van der Waals surface area contributed by atoms with Gasteiger partial charge < -0.3 is 15.4 Å². The van der Waals surface area contributed by atoms with Crippen molar-refractivity contribution in [1.82, 2.24) is 10.6 Å². The first kappa shape index (κ1) is 10.9. The molecule has 2 fully saturated rings. The number of nitrogens with one attached hydrogen (secondary N) is 2. The Balaban J connectivity index is 1.66. The summed E-state index contributed by atoms with van der Waals surface area (Å²) in [5.41, 5.74) is 0. The summed E-state index contributed by atoms with van der Waals surface area (Å²) in [5.74, 6) is 0.359. The van der Waals surface area contributed by atoms with Crippen LogP contribution in [0.5, 0.6) is 0 Å². The van der Waals surface area contributed by atoms with Gasteiger partial charge in [-0.2, -0.15) is 0 Å². The molecule has 2 atom stereocenters. The summed E-state index contributed by atoms with van der Waals surface area (Å²) in [7, 11) is 0. The highest BCUT2D eigenvalue weighted by Crippen LogP contribution is 2.12. The standard InChI is InChI=1S/C11H20N2O2/c14-11(9-3-1-5-12-7-9)13-8-10-4-2-6-15-10/h9-10,12H,1-8H2,(H,13,14)/t9-,10?/m0/s1. The minimum absolute atomic E-state index is 0.167. The van der Waals surface area contributed by atoms with Crippen LogP contribution in [-0.4, -0.2) is 38.3 Å². The van der Waals surface area contributed by atoms with Gasteiger partial charge in [0.1, 0.15) is 0 Å². The van der Waals surface area contributed by atoms with E-state index in [0.29, 0.717) is 6.54 Å². The number of carbonyl (C=O) groups excluding carboxylic acids is 1. The van der Waals surface area contributed by atoms with Crippen molar-refractivity contribution in [2.75, 3.05) is 26.2 Å². The second-order valence-corrected chi connectivity index (χ2v) is 4.42. The van der Waals surface area contributed by atoms with Crippen LogP contribution in [0.1, 0.15) is 25.7 Å². The van der Waals surface area contributed by atoms with Crippen molar-refractivity contribution >= 4 is 5.91 Å². The monoisotopic (exact) mass is 212 g/mol. The fourth-order valence-corrected chi connectivity index (χ4v) is 2.24. The van der Waals surface area contributed by atoms with Crippen molar-refractivity contribution in [2.45, 2.75) is 31.8 Å². The highest BCUT2D eigenvalue weighted by molar-refractivity contribution is 5.78. The molecule has 1 unspecified atom stereocenters. The predicted octanol–water partition coefficient (Wildman–Crippen LogP) is 0.281. The average molecular weight is 212 g/mol. The van der Waals surface area contributed by atoms with Gasteiger partial charge in [-0.15, -0.1) is 0 Å². The summed E-state index contributed by atoms with van der Waals surface area (Å²) in [4.78, 5) is 11.7. The minimum Gasteiger partial charge on any atom is -0.376 e. The van der Waals surface area contributed by atoms with E-state index in [1.807, 2.05) is 0 Å². The molecule has 2 rings (SSSR count). The van der Waals surface area contributed by atoms with Gasteiger partial charge in [0, 0.05) is 19.7 Å². The zero-order chi connectivity index (χ0) is 10.5. The Bertz CT molecular complexity index is 209. The highest BCUT2D eigenvalue weighted by atomic mass is 16.5.